The predicted molar refractivity (Wildman–Crippen MR) is 66.7 cm³/mol. The molecule has 0 aromatic rings. The molecule has 0 aromatic carbocycles. The first kappa shape index (κ1) is 11.2. The Labute approximate surface area is 108 Å². The minimum Gasteiger partial charge on any atom is -0.461 e. The number of fused-ring (bicyclic) bond motifs is 4. The molecule has 4 bridgehead atoms. The standard InChI is InChI=1S/C14H22N2O2/c1-9(17)18-14-7-6-12-8-13(14)16-11-4-2-10(3-5-11)15(12)16/h10-14H,2-8H2,1H3/t10?,11?,12-,13-,14-/m1/s1. The maximum atomic E-state index is 11.3. The number of hydrogen-bond acceptors (Lipinski definition) is 4. The molecule has 3 atom stereocenters. The Kier molecular flexibility index (Phi) is 2.46. The van der Waals surface area contributed by atoms with Crippen LogP contribution < -0.4 is 0 Å². The van der Waals surface area contributed by atoms with Crippen LogP contribution in [0.15, 0.2) is 0 Å². The molecule has 2 aliphatic carbocycles. The second-order valence-electron chi connectivity index (χ2n) is 6.40. The maximum absolute atomic E-state index is 11.3. The third-order valence-corrected chi connectivity index (χ3v) is 5.44. The van der Waals surface area contributed by atoms with Crippen molar-refractivity contribution in [2.75, 3.05) is 0 Å². The summed E-state index contributed by atoms with van der Waals surface area (Å²) < 4.78 is 5.57. The predicted octanol–water partition coefficient (Wildman–Crippen LogP) is 1.70. The molecule has 2 saturated carbocycles. The molecule has 0 spiro atoms. The number of esters is 1. The molecular formula is C14H22N2O2. The van der Waals surface area contributed by atoms with Crippen molar-refractivity contribution in [3.8, 4) is 0 Å². The SMILES string of the molecule is CC(=O)O[C@@H]1CC[C@@H]2C[C@H]1N1C3CCC(CC3)N21. The van der Waals surface area contributed by atoms with Gasteiger partial charge in [0.2, 0.25) is 0 Å². The van der Waals surface area contributed by atoms with Crippen LogP contribution >= 0.6 is 0 Å². The van der Waals surface area contributed by atoms with E-state index in [1.807, 2.05) is 0 Å². The molecule has 5 rings (SSSR count). The van der Waals surface area contributed by atoms with E-state index >= 15 is 0 Å². The number of hydrazine groups is 1. The van der Waals surface area contributed by atoms with Gasteiger partial charge in [0.05, 0.1) is 6.04 Å². The number of carbonyl (C=O) groups is 1. The van der Waals surface area contributed by atoms with Crippen molar-refractivity contribution < 1.29 is 9.53 Å². The van der Waals surface area contributed by atoms with Crippen LogP contribution in [-0.4, -0.2) is 46.3 Å². The van der Waals surface area contributed by atoms with Gasteiger partial charge in [-0.05, 0) is 44.9 Å². The van der Waals surface area contributed by atoms with Crippen molar-refractivity contribution in [3.63, 3.8) is 0 Å². The Morgan fingerprint density at radius 2 is 1.56 bits per heavy atom. The zero-order chi connectivity index (χ0) is 12.3. The Morgan fingerprint density at radius 1 is 0.944 bits per heavy atom. The van der Waals surface area contributed by atoms with Crippen molar-refractivity contribution in [3.05, 3.63) is 0 Å². The molecule has 0 unspecified atom stereocenters. The van der Waals surface area contributed by atoms with Gasteiger partial charge in [0.25, 0.3) is 0 Å². The average Bonchev–Trinajstić information content (AvgIpc) is 2.71. The molecule has 5 fully saturated rings. The van der Waals surface area contributed by atoms with Crippen LogP contribution in [0.25, 0.3) is 0 Å². The fourth-order valence-corrected chi connectivity index (χ4v) is 4.86. The third-order valence-electron chi connectivity index (χ3n) is 5.44. The summed E-state index contributed by atoms with van der Waals surface area (Å²) in [6.45, 7) is 1.54. The summed E-state index contributed by atoms with van der Waals surface area (Å²) in [4.78, 5) is 11.3. The van der Waals surface area contributed by atoms with Crippen LogP contribution in [-0.2, 0) is 9.53 Å². The number of ether oxygens (including phenoxy) is 1. The summed E-state index contributed by atoms with van der Waals surface area (Å²) in [7, 11) is 0. The van der Waals surface area contributed by atoms with E-state index in [-0.39, 0.29) is 12.1 Å². The van der Waals surface area contributed by atoms with Gasteiger partial charge < -0.3 is 4.74 Å². The van der Waals surface area contributed by atoms with Crippen LogP contribution in [0.5, 0.6) is 0 Å². The first-order valence-electron chi connectivity index (χ1n) is 7.48. The normalized spacial score (nSPS) is 47.1. The van der Waals surface area contributed by atoms with Crippen molar-refractivity contribution >= 4 is 5.97 Å². The fourth-order valence-electron chi connectivity index (χ4n) is 4.86. The highest BCUT2D eigenvalue weighted by molar-refractivity contribution is 5.66. The first-order valence-corrected chi connectivity index (χ1v) is 7.48. The molecule has 4 heteroatoms. The lowest BCUT2D eigenvalue weighted by molar-refractivity contribution is -0.173. The molecule has 4 nitrogen and oxygen atoms in total. The van der Waals surface area contributed by atoms with E-state index in [1.54, 1.807) is 6.92 Å². The topological polar surface area (TPSA) is 32.8 Å². The Hall–Kier alpha value is -0.610. The highest BCUT2D eigenvalue weighted by Crippen LogP contribution is 2.48. The zero-order valence-corrected chi connectivity index (χ0v) is 11.0. The van der Waals surface area contributed by atoms with Gasteiger partial charge >= 0.3 is 5.97 Å². The summed E-state index contributed by atoms with van der Waals surface area (Å²) in [6.07, 6.45) is 9.06. The average molecular weight is 250 g/mol. The van der Waals surface area contributed by atoms with E-state index in [1.165, 1.54) is 38.5 Å². The van der Waals surface area contributed by atoms with Crippen LogP contribution in [0, 0.1) is 0 Å². The van der Waals surface area contributed by atoms with Crippen LogP contribution in [0.3, 0.4) is 0 Å². The van der Waals surface area contributed by atoms with Gasteiger partial charge in [0, 0.05) is 25.0 Å². The lowest BCUT2D eigenvalue weighted by atomic mass is 9.87. The molecular weight excluding hydrogens is 228 g/mol. The Bertz CT molecular complexity index is 365. The van der Waals surface area contributed by atoms with Gasteiger partial charge in [-0.25, -0.2) is 10.0 Å². The number of hydrogen-bond donors (Lipinski definition) is 0. The second kappa shape index (κ2) is 3.94. The maximum Gasteiger partial charge on any atom is 0.302 e. The molecule has 3 heterocycles. The monoisotopic (exact) mass is 250 g/mol. The smallest absolute Gasteiger partial charge is 0.302 e. The molecule has 100 valence electrons. The molecule has 0 aromatic heterocycles. The second-order valence-corrected chi connectivity index (χ2v) is 6.40. The Balaban J connectivity index is 1.61. The summed E-state index contributed by atoms with van der Waals surface area (Å²) in [6, 6.07) is 2.71. The summed E-state index contributed by atoms with van der Waals surface area (Å²) >= 11 is 0. The summed E-state index contributed by atoms with van der Waals surface area (Å²) in [5, 5.41) is 5.31. The largest absolute Gasteiger partial charge is 0.461 e. The van der Waals surface area contributed by atoms with Gasteiger partial charge in [-0.3, -0.25) is 4.79 Å². The fraction of sp³-hybridized carbons (Fsp3) is 0.929. The van der Waals surface area contributed by atoms with E-state index < -0.39 is 0 Å². The summed E-state index contributed by atoms with van der Waals surface area (Å²) in [5.74, 6) is -0.112. The quantitative estimate of drug-likeness (QED) is 0.663. The van der Waals surface area contributed by atoms with Crippen LogP contribution in [0.1, 0.15) is 51.9 Å². The van der Waals surface area contributed by atoms with Crippen LogP contribution in [0.4, 0.5) is 0 Å². The van der Waals surface area contributed by atoms with Crippen molar-refractivity contribution in [1.82, 2.24) is 10.0 Å². The minimum absolute atomic E-state index is 0.112. The van der Waals surface area contributed by atoms with Gasteiger partial charge in [-0.2, -0.15) is 0 Å². The van der Waals surface area contributed by atoms with E-state index in [9.17, 15) is 4.79 Å². The van der Waals surface area contributed by atoms with Gasteiger partial charge in [0.15, 0.2) is 0 Å². The lowest BCUT2D eigenvalue weighted by Crippen LogP contribution is -2.62. The van der Waals surface area contributed by atoms with E-state index in [0.717, 1.165) is 24.5 Å². The van der Waals surface area contributed by atoms with Crippen molar-refractivity contribution in [2.45, 2.75) is 82.1 Å². The van der Waals surface area contributed by atoms with Crippen LogP contribution in [0.2, 0.25) is 0 Å². The van der Waals surface area contributed by atoms with Crippen molar-refractivity contribution in [1.29, 1.82) is 0 Å². The number of rotatable bonds is 1. The third kappa shape index (κ3) is 1.48. The molecule has 0 amide bonds. The molecule has 5 aliphatic rings. The van der Waals surface area contributed by atoms with Crippen molar-refractivity contribution in [2.24, 2.45) is 0 Å². The highest BCUT2D eigenvalue weighted by Gasteiger charge is 2.55. The minimum atomic E-state index is -0.112. The molecule has 3 aliphatic heterocycles. The van der Waals surface area contributed by atoms with Gasteiger partial charge in [-0.15, -0.1) is 0 Å². The summed E-state index contributed by atoms with van der Waals surface area (Å²) in [5.41, 5.74) is 0. The van der Waals surface area contributed by atoms with Gasteiger partial charge in [-0.1, -0.05) is 0 Å². The lowest BCUT2D eigenvalue weighted by Gasteiger charge is -2.53. The highest BCUT2D eigenvalue weighted by atomic mass is 16.5. The van der Waals surface area contributed by atoms with E-state index in [4.69, 9.17) is 4.74 Å². The van der Waals surface area contributed by atoms with Gasteiger partial charge in [0.1, 0.15) is 6.10 Å². The molecule has 0 radical (unpaired) electrons. The van der Waals surface area contributed by atoms with E-state index in [0.29, 0.717) is 6.04 Å². The molecule has 3 saturated heterocycles. The molecule has 18 heavy (non-hydrogen) atoms. The van der Waals surface area contributed by atoms with E-state index in [2.05, 4.69) is 10.0 Å². The first-order chi connectivity index (χ1) is 8.74. The number of carbonyl (C=O) groups excluding carboxylic acids is 1. The number of nitrogens with zero attached hydrogens (tertiary/aromatic N) is 2. The zero-order valence-electron chi connectivity index (χ0n) is 11.0. The Morgan fingerprint density at radius 3 is 2.22 bits per heavy atom. The molecule has 0 N–H and O–H groups in total.